The number of thioether (sulfide) groups is 1. The average Bonchev–Trinajstić information content (AvgIpc) is 2.75. The number of aryl methyl sites for hydroxylation is 1. The Hall–Kier alpha value is -3.47. The van der Waals surface area contributed by atoms with Crippen molar-refractivity contribution in [2.75, 3.05) is 10.6 Å². The first-order valence-corrected chi connectivity index (χ1v) is 11.7. The molecule has 0 fully saturated rings. The first-order valence-electron chi connectivity index (χ1n) is 10.8. The standard InChI is InChI=1S/C23H28N6O4S/c1-12(2)11-29-19-18(22(32)28(6)23(29)33)21(25-14(4)24-19)34-13(3)20(31)27-17-9-7-16(8-10-17)26-15(5)30/h7-10,12-13H,11H2,1-6H3,(H,26,30)(H,27,31)/t13-/m0/s1. The molecular formula is C23H28N6O4S. The second-order valence-electron chi connectivity index (χ2n) is 8.43. The fourth-order valence-electron chi connectivity index (χ4n) is 3.36. The zero-order chi connectivity index (χ0) is 25.2. The minimum atomic E-state index is -0.595. The van der Waals surface area contributed by atoms with Gasteiger partial charge in [0.15, 0.2) is 5.65 Å². The molecule has 3 aromatic rings. The second kappa shape index (κ2) is 10.2. The molecule has 0 spiro atoms. The summed E-state index contributed by atoms with van der Waals surface area (Å²) in [7, 11) is 1.43. The lowest BCUT2D eigenvalue weighted by atomic mass is 10.2. The number of nitrogens with zero attached hydrogens (tertiary/aromatic N) is 4. The number of carbonyl (C=O) groups is 2. The maximum atomic E-state index is 13.0. The van der Waals surface area contributed by atoms with E-state index < -0.39 is 16.5 Å². The Kier molecular flexibility index (Phi) is 7.55. The van der Waals surface area contributed by atoms with E-state index in [1.165, 1.54) is 18.5 Å². The predicted molar refractivity (Wildman–Crippen MR) is 133 cm³/mol. The molecule has 0 saturated carbocycles. The Balaban J connectivity index is 1.92. The van der Waals surface area contributed by atoms with Crippen LogP contribution in [-0.2, 0) is 23.2 Å². The van der Waals surface area contributed by atoms with E-state index in [9.17, 15) is 19.2 Å². The van der Waals surface area contributed by atoms with Crippen molar-refractivity contribution in [3.05, 3.63) is 50.9 Å². The molecule has 0 aliphatic rings. The molecule has 2 heterocycles. The lowest BCUT2D eigenvalue weighted by Gasteiger charge is -2.17. The third-order valence-electron chi connectivity index (χ3n) is 4.94. The van der Waals surface area contributed by atoms with Gasteiger partial charge in [-0.3, -0.25) is 23.5 Å². The number of hydrogen-bond donors (Lipinski definition) is 2. The van der Waals surface area contributed by atoms with Gasteiger partial charge in [0, 0.05) is 31.9 Å². The summed E-state index contributed by atoms with van der Waals surface area (Å²) >= 11 is 1.13. The molecule has 0 bridgehead atoms. The SMILES string of the molecule is CC(=O)Nc1ccc(NC(=O)[C@H](C)Sc2nc(C)nc3c2c(=O)n(C)c(=O)n3CC(C)C)cc1. The van der Waals surface area contributed by atoms with E-state index in [4.69, 9.17) is 0 Å². The van der Waals surface area contributed by atoms with Crippen molar-refractivity contribution in [2.24, 2.45) is 13.0 Å². The van der Waals surface area contributed by atoms with E-state index in [-0.39, 0.29) is 28.8 Å². The molecule has 0 aliphatic carbocycles. The van der Waals surface area contributed by atoms with Gasteiger partial charge in [-0.25, -0.2) is 14.8 Å². The number of rotatable bonds is 7. The van der Waals surface area contributed by atoms with E-state index in [1.807, 2.05) is 13.8 Å². The number of fused-ring (bicyclic) bond motifs is 1. The van der Waals surface area contributed by atoms with Crippen LogP contribution in [-0.4, -0.2) is 36.2 Å². The smallest absolute Gasteiger partial charge is 0.326 e. The highest BCUT2D eigenvalue weighted by Crippen LogP contribution is 2.27. The van der Waals surface area contributed by atoms with Crippen LogP contribution in [0.2, 0.25) is 0 Å². The van der Waals surface area contributed by atoms with E-state index in [1.54, 1.807) is 38.1 Å². The first kappa shape index (κ1) is 25.2. The Bertz CT molecular complexity index is 1360. The van der Waals surface area contributed by atoms with Crippen LogP contribution in [0.1, 0.15) is 33.5 Å². The van der Waals surface area contributed by atoms with Crippen LogP contribution < -0.4 is 21.9 Å². The summed E-state index contributed by atoms with van der Waals surface area (Å²) in [5, 5.41) is 5.47. The van der Waals surface area contributed by atoms with Crippen molar-refractivity contribution in [1.82, 2.24) is 19.1 Å². The molecule has 0 saturated heterocycles. The zero-order valence-electron chi connectivity index (χ0n) is 20.0. The summed E-state index contributed by atoms with van der Waals surface area (Å²) in [4.78, 5) is 58.6. The molecule has 10 nitrogen and oxygen atoms in total. The number of nitrogens with one attached hydrogen (secondary N) is 2. The quantitative estimate of drug-likeness (QED) is 0.390. The molecule has 0 radical (unpaired) electrons. The minimum Gasteiger partial charge on any atom is -0.326 e. The summed E-state index contributed by atoms with van der Waals surface area (Å²) < 4.78 is 2.54. The maximum Gasteiger partial charge on any atom is 0.332 e. The topological polar surface area (TPSA) is 128 Å². The van der Waals surface area contributed by atoms with Crippen molar-refractivity contribution >= 4 is 46.0 Å². The van der Waals surface area contributed by atoms with Crippen LogP contribution in [0.4, 0.5) is 11.4 Å². The summed E-state index contributed by atoms with van der Waals surface area (Å²) in [6.45, 7) is 9.16. The van der Waals surface area contributed by atoms with Crippen molar-refractivity contribution in [1.29, 1.82) is 0 Å². The van der Waals surface area contributed by atoms with Gasteiger partial charge >= 0.3 is 5.69 Å². The number of hydrogen-bond acceptors (Lipinski definition) is 7. The van der Waals surface area contributed by atoms with Crippen molar-refractivity contribution in [2.45, 2.75) is 51.4 Å². The highest BCUT2D eigenvalue weighted by atomic mass is 32.2. The molecule has 2 N–H and O–H groups in total. The van der Waals surface area contributed by atoms with E-state index in [2.05, 4.69) is 20.6 Å². The van der Waals surface area contributed by atoms with Gasteiger partial charge in [-0.1, -0.05) is 25.6 Å². The van der Waals surface area contributed by atoms with Crippen LogP contribution in [0.3, 0.4) is 0 Å². The first-order chi connectivity index (χ1) is 16.0. The van der Waals surface area contributed by atoms with Gasteiger partial charge in [0.25, 0.3) is 5.56 Å². The van der Waals surface area contributed by atoms with Crippen molar-refractivity contribution < 1.29 is 9.59 Å². The van der Waals surface area contributed by atoms with Crippen LogP contribution in [0.5, 0.6) is 0 Å². The number of amides is 2. The third-order valence-corrected chi connectivity index (χ3v) is 6.02. The van der Waals surface area contributed by atoms with Crippen LogP contribution >= 0.6 is 11.8 Å². The van der Waals surface area contributed by atoms with E-state index in [0.717, 1.165) is 16.3 Å². The molecule has 2 amide bonds. The Morgan fingerprint density at radius 2 is 1.62 bits per heavy atom. The highest BCUT2D eigenvalue weighted by Gasteiger charge is 2.22. The van der Waals surface area contributed by atoms with Gasteiger partial charge in [0.1, 0.15) is 16.2 Å². The fourth-order valence-corrected chi connectivity index (χ4v) is 4.34. The molecule has 0 aliphatic heterocycles. The monoisotopic (exact) mass is 484 g/mol. The van der Waals surface area contributed by atoms with Gasteiger partial charge in [0.05, 0.1) is 5.25 Å². The van der Waals surface area contributed by atoms with Crippen LogP contribution in [0, 0.1) is 12.8 Å². The van der Waals surface area contributed by atoms with Gasteiger partial charge < -0.3 is 10.6 Å². The molecular weight excluding hydrogens is 456 g/mol. The normalized spacial score (nSPS) is 12.1. The predicted octanol–water partition coefficient (Wildman–Crippen LogP) is 2.53. The summed E-state index contributed by atoms with van der Waals surface area (Å²) in [6.07, 6.45) is 0. The van der Waals surface area contributed by atoms with E-state index >= 15 is 0 Å². The molecule has 0 unspecified atom stereocenters. The number of carbonyl (C=O) groups excluding carboxylic acids is 2. The zero-order valence-corrected chi connectivity index (χ0v) is 20.8. The summed E-state index contributed by atoms with van der Waals surface area (Å²) in [5.74, 6) is 0.0981. The van der Waals surface area contributed by atoms with E-state index in [0.29, 0.717) is 28.8 Å². The number of benzene rings is 1. The van der Waals surface area contributed by atoms with Gasteiger partial charge in [-0.05, 0) is 44.0 Å². The Morgan fingerprint density at radius 3 is 2.18 bits per heavy atom. The largest absolute Gasteiger partial charge is 0.332 e. The fraction of sp³-hybridized carbons (Fsp3) is 0.391. The van der Waals surface area contributed by atoms with Crippen molar-refractivity contribution in [3.8, 4) is 0 Å². The van der Waals surface area contributed by atoms with Gasteiger partial charge in [-0.15, -0.1) is 0 Å². The molecule has 11 heteroatoms. The Morgan fingerprint density at radius 1 is 1.03 bits per heavy atom. The molecule has 180 valence electrons. The number of aromatic nitrogens is 4. The summed E-state index contributed by atoms with van der Waals surface area (Å²) in [6, 6.07) is 6.75. The maximum absolute atomic E-state index is 13.0. The molecule has 1 atom stereocenters. The average molecular weight is 485 g/mol. The molecule has 34 heavy (non-hydrogen) atoms. The minimum absolute atomic E-state index is 0.159. The Labute approximate surface area is 200 Å². The number of anilines is 2. The molecule has 1 aromatic carbocycles. The van der Waals surface area contributed by atoms with Gasteiger partial charge in [-0.2, -0.15) is 0 Å². The van der Waals surface area contributed by atoms with Crippen LogP contribution in [0.25, 0.3) is 11.0 Å². The molecule has 3 rings (SSSR count). The van der Waals surface area contributed by atoms with Crippen LogP contribution in [0.15, 0.2) is 38.9 Å². The second-order valence-corrected chi connectivity index (χ2v) is 9.76. The lowest BCUT2D eigenvalue weighted by Crippen LogP contribution is -2.39. The molecule has 2 aromatic heterocycles. The van der Waals surface area contributed by atoms with Gasteiger partial charge in [0.2, 0.25) is 11.8 Å². The lowest BCUT2D eigenvalue weighted by molar-refractivity contribution is -0.115. The summed E-state index contributed by atoms with van der Waals surface area (Å²) in [5.41, 5.74) is 0.534. The highest BCUT2D eigenvalue weighted by molar-refractivity contribution is 8.00. The van der Waals surface area contributed by atoms with Crippen molar-refractivity contribution in [3.63, 3.8) is 0 Å². The third kappa shape index (κ3) is 5.53.